The fourth-order valence-corrected chi connectivity index (χ4v) is 5.89. The van der Waals surface area contributed by atoms with E-state index in [1.807, 2.05) is 25.7 Å². The van der Waals surface area contributed by atoms with Gasteiger partial charge in [-0.15, -0.1) is 0 Å². The van der Waals surface area contributed by atoms with Crippen LogP contribution in [0.5, 0.6) is 0 Å². The Morgan fingerprint density at radius 1 is 0.875 bits per heavy atom. The summed E-state index contributed by atoms with van der Waals surface area (Å²) in [5.74, 6) is 0.366. The second-order valence-corrected chi connectivity index (χ2v) is 11.7. The first kappa shape index (κ1) is 29.4. The molecule has 5 nitrogen and oxygen atoms in total. The molecule has 0 unspecified atom stereocenters. The third kappa shape index (κ3) is 6.10. The first-order chi connectivity index (χ1) is 18.8. The molecule has 0 radical (unpaired) electrons. The summed E-state index contributed by atoms with van der Waals surface area (Å²) in [5.41, 5.74) is 3.79. The minimum Gasteiger partial charge on any atom is -1.00 e. The number of nitrogens with zero attached hydrogens (tertiary/aromatic N) is 3. The van der Waals surface area contributed by atoms with E-state index in [0.29, 0.717) is 12.5 Å². The number of carbonyl (C=O) groups is 1. The van der Waals surface area contributed by atoms with Crippen molar-refractivity contribution in [2.24, 2.45) is 5.92 Å². The lowest BCUT2D eigenvalue weighted by Gasteiger charge is -2.33. The summed E-state index contributed by atoms with van der Waals surface area (Å²) < 4.78 is 10.4. The number of carbonyl (C=O) groups excluding carboxylic acids is 1. The van der Waals surface area contributed by atoms with Gasteiger partial charge in [-0.2, -0.15) is 0 Å². The number of ether oxygens (including phenoxy) is 1. The van der Waals surface area contributed by atoms with Gasteiger partial charge in [0.05, 0.1) is 6.54 Å². The van der Waals surface area contributed by atoms with Gasteiger partial charge in [0, 0.05) is 42.6 Å². The molecule has 4 aromatic rings. The highest BCUT2D eigenvalue weighted by molar-refractivity contribution is 5.68. The van der Waals surface area contributed by atoms with Gasteiger partial charge in [-0.05, 0) is 33.6 Å². The lowest BCUT2D eigenvalue weighted by Crippen LogP contribution is -3.00. The molecule has 0 saturated carbocycles. The second kappa shape index (κ2) is 12.3. The van der Waals surface area contributed by atoms with Gasteiger partial charge in [0.2, 0.25) is 6.33 Å². The lowest BCUT2D eigenvalue weighted by atomic mass is 9.77. The fourth-order valence-electron chi connectivity index (χ4n) is 5.89. The summed E-state index contributed by atoms with van der Waals surface area (Å²) >= 11 is 0. The minimum absolute atomic E-state index is 0. The number of piperidine rings is 1. The normalized spacial score (nSPS) is 15.8. The van der Waals surface area contributed by atoms with E-state index >= 15 is 0 Å². The standard InChI is InChI=1S/C34H40N3O2.ClH/c1-27-23-37(26-36(27)25-28-15-14-22-35(24-28)32(38)39-33(2,3)4)34(29-16-8-5-9-17-29,30-18-10-6-11-19-30)31-20-12-7-13-21-31;/h5-13,16-21,23,26,28H,14-15,22,24-25H2,1-4H3;1H/q+1;/p-1/t28-;/m1./s1. The zero-order valence-corrected chi connectivity index (χ0v) is 24.7. The Hall–Kier alpha value is -3.57. The number of hydrogen-bond acceptors (Lipinski definition) is 2. The van der Waals surface area contributed by atoms with Crippen molar-refractivity contribution in [3.8, 4) is 0 Å². The molecule has 3 aromatic carbocycles. The number of amides is 1. The number of aryl methyl sites for hydroxylation is 1. The van der Waals surface area contributed by atoms with Crippen LogP contribution in [0.2, 0.25) is 0 Å². The molecule has 2 heterocycles. The van der Waals surface area contributed by atoms with E-state index in [9.17, 15) is 4.79 Å². The Bertz CT molecular complexity index is 1280. The van der Waals surface area contributed by atoms with Crippen LogP contribution in [0.3, 0.4) is 0 Å². The van der Waals surface area contributed by atoms with E-state index in [-0.39, 0.29) is 18.5 Å². The van der Waals surface area contributed by atoms with Gasteiger partial charge in [-0.1, -0.05) is 91.0 Å². The van der Waals surface area contributed by atoms with Crippen molar-refractivity contribution < 1.29 is 26.5 Å². The van der Waals surface area contributed by atoms with E-state index < -0.39 is 11.1 Å². The molecule has 1 atom stereocenters. The van der Waals surface area contributed by atoms with E-state index in [1.165, 1.54) is 22.4 Å². The first-order valence-corrected chi connectivity index (χ1v) is 14.0. The summed E-state index contributed by atoms with van der Waals surface area (Å²) in [7, 11) is 0. The van der Waals surface area contributed by atoms with Gasteiger partial charge < -0.3 is 22.0 Å². The van der Waals surface area contributed by atoms with Crippen LogP contribution < -0.4 is 17.0 Å². The smallest absolute Gasteiger partial charge is 0.410 e. The summed E-state index contributed by atoms with van der Waals surface area (Å²) in [6.45, 7) is 10.3. The highest BCUT2D eigenvalue weighted by Crippen LogP contribution is 2.36. The summed E-state index contributed by atoms with van der Waals surface area (Å²) in [5, 5.41) is 0. The van der Waals surface area contributed by atoms with Crippen molar-refractivity contribution in [2.45, 2.75) is 58.2 Å². The summed E-state index contributed by atoms with van der Waals surface area (Å²) in [4.78, 5) is 14.7. The average molecular weight is 558 g/mol. The number of imidazole rings is 1. The van der Waals surface area contributed by atoms with E-state index in [1.54, 1.807) is 0 Å². The van der Waals surface area contributed by atoms with E-state index in [2.05, 4.69) is 120 Å². The molecule has 1 aliphatic rings. The largest absolute Gasteiger partial charge is 1.00 e. The molecule has 1 aliphatic heterocycles. The van der Waals surface area contributed by atoms with Crippen LogP contribution in [0.25, 0.3) is 0 Å². The van der Waals surface area contributed by atoms with E-state index in [4.69, 9.17) is 4.74 Å². The number of likely N-dealkylation sites (tertiary alicyclic amines) is 1. The van der Waals surface area contributed by atoms with Crippen molar-refractivity contribution in [3.63, 3.8) is 0 Å². The SMILES string of the molecule is Cc1c[n+](C(c2ccccc2)(c2ccccc2)c2ccccc2)cn1C[C@@H]1CCCN(C(=O)OC(C)(C)C)C1.[Cl-]. The molecule has 6 heteroatoms. The van der Waals surface area contributed by atoms with Crippen molar-refractivity contribution in [2.75, 3.05) is 13.1 Å². The Kier molecular flexibility index (Phi) is 9.05. The van der Waals surface area contributed by atoms with Crippen LogP contribution >= 0.6 is 0 Å². The number of aromatic nitrogens is 2. The quantitative estimate of drug-likeness (QED) is 0.268. The lowest BCUT2D eigenvalue weighted by molar-refractivity contribution is -0.734. The Balaban J connectivity index is 0.00000370. The zero-order chi connectivity index (χ0) is 27.5. The molecule has 1 aromatic heterocycles. The molecule has 40 heavy (non-hydrogen) atoms. The van der Waals surface area contributed by atoms with Gasteiger partial charge in [-0.25, -0.2) is 13.9 Å². The second-order valence-electron chi connectivity index (χ2n) is 11.7. The van der Waals surface area contributed by atoms with Gasteiger partial charge in [0.1, 0.15) is 17.5 Å². The predicted octanol–water partition coefficient (Wildman–Crippen LogP) is 3.58. The van der Waals surface area contributed by atoms with Crippen LogP contribution in [0.4, 0.5) is 4.79 Å². The Labute approximate surface area is 244 Å². The fraction of sp³-hybridized carbons (Fsp3) is 0.353. The van der Waals surface area contributed by atoms with Gasteiger partial charge in [0.25, 0.3) is 0 Å². The highest BCUT2D eigenvalue weighted by atomic mass is 35.5. The van der Waals surface area contributed by atoms with Crippen LogP contribution in [0.15, 0.2) is 104 Å². The Morgan fingerprint density at radius 2 is 1.38 bits per heavy atom. The predicted molar refractivity (Wildman–Crippen MR) is 155 cm³/mol. The molecule has 5 rings (SSSR count). The monoisotopic (exact) mass is 557 g/mol. The van der Waals surface area contributed by atoms with Crippen LogP contribution in [-0.2, 0) is 16.8 Å². The van der Waals surface area contributed by atoms with Crippen LogP contribution in [-0.4, -0.2) is 34.3 Å². The molecule has 0 bridgehead atoms. The van der Waals surface area contributed by atoms with Crippen molar-refractivity contribution >= 4 is 6.09 Å². The van der Waals surface area contributed by atoms with Gasteiger partial charge >= 0.3 is 6.09 Å². The first-order valence-electron chi connectivity index (χ1n) is 14.0. The number of rotatable bonds is 6. The minimum atomic E-state index is -0.533. The highest BCUT2D eigenvalue weighted by Gasteiger charge is 2.43. The molecule has 1 amide bonds. The summed E-state index contributed by atoms with van der Waals surface area (Å²) in [6, 6.07) is 32.3. The molecule has 1 saturated heterocycles. The van der Waals surface area contributed by atoms with Crippen LogP contribution in [0, 0.1) is 12.8 Å². The zero-order valence-electron chi connectivity index (χ0n) is 24.0. The molecule has 210 valence electrons. The van der Waals surface area contributed by atoms with Gasteiger partial charge in [0.15, 0.2) is 5.54 Å². The third-order valence-corrected chi connectivity index (χ3v) is 7.63. The van der Waals surface area contributed by atoms with Crippen molar-refractivity contribution in [3.05, 3.63) is 126 Å². The number of benzene rings is 3. The maximum Gasteiger partial charge on any atom is 0.410 e. The average Bonchev–Trinajstić information content (AvgIpc) is 3.30. The molecule has 0 spiro atoms. The van der Waals surface area contributed by atoms with Crippen LogP contribution in [0.1, 0.15) is 56.0 Å². The Morgan fingerprint density at radius 3 is 1.85 bits per heavy atom. The topological polar surface area (TPSA) is 38.3 Å². The van der Waals surface area contributed by atoms with Gasteiger partial charge in [-0.3, -0.25) is 0 Å². The van der Waals surface area contributed by atoms with Crippen molar-refractivity contribution in [1.82, 2.24) is 9.47 Å². The molecular weight excluding hydrogens is 518 g/mol. The molecule has 1 fully saturated rings. The maximum absolute atomic E-state index is 12.8. The summed E-state index contributed by atoms with van der Waals surface area (Å²) in [6.07, 6.45) is 6.41. The number of halogens is 1. The molecule has 0 N–H and O–H groups in total. The number of hydrogen-bond donors (Lipinski definition) is 0. The maximum atomic E-state index is 12.8. The molecular formula is C34H40ClN3O2. The third-order valence-electron chi connectivity index (χ3n) is 7.63. The van der Waals surface area contributed by atoms with E-state index in [0.717, 1.165) is 25.9 Å². The molecule has 0 aliphatic carbocycles. The van der Waals surface area contributed by atoms with Crippen molar-refractivity contribution in [1.29, 1.82) is 0 Å².